The average molecular weight is 433 g/mol. The van der Waals surface area contributed by atoms with Gasteiger partial charge in [-0.05, 0) is 44.6 Å². The van der Waals surface area contributed by atoms with Gasteiger partial charge in [-0.25, -0.2) is 9.11 Å². The lowest BCUT2D eigenvalue weighted by atomic mass is 10.1. The van der Waals surface area contributed by atoms with Gasteiger partial charge in [0.2, 0.25) is 0 Å². The number of piperidine rings is 1. The fourth-order valence-corrected chi connectivity index (χ4v) is 5.49. The van der Waals surface area contributed by atoms with Crippen molar-refractivity contribution in [1.29, 1.82) is 0 Å². The van der Waals surface area contributed by atoms with Gasteiger partial charge in [0, 0.05) is 18.7 Å². The van der Waals surface area contributed by atoms with E-state index in [1.165, 1.54) is 17.1 Å². The van der Waals surface area contributed by atoms with Crippen LogP contribution in [0.25, 0.3) is 0 Å². The molecule has 0 aromatic heterocycles. The Morgan fingerprint density at radius 2 is 1.93 bits per heavy atom. The maximum atomic E-state index is 14.5. The molecule has 1 saturated carbocycles. The van der Waals surface area contributed by atoms with E-state index in [-0.39, 0.29) is 16.8 Å². The quantitative estimate of drug-likeness (QED) is 0.739. The van der Waals surface area contributed by atoms with Gasteiger partial charge in [0.05, 0.1) is 17.2 Å². The number of hydrogen-bond donors (Lipinski definition) is 1. The molecule has 1 aromatic rings. The van der Waals surface area contributed by atoms with Crippen molar-refractivity contribution in [2.75, 3.05) is 13.2 Å². The minimum atomic E-state index is -4.05. The van der Waals surface area contributed by atoms with Crippen LogP contribution < -0.4 is 9.46 Å². The maximum absolute atomic E-state index is 14.5. The molecule has 28 heavy (non-hydrogen) atoms. The molecule has 0 radical (unpaired) electrons. The Morgan fingerprint density at radius 3 is 2.61 bits per heavy atom. The number of nitrogens with zero attached hydrogens (tertiary/aromatic N) is 1. The summed E-state index contributed by atoms with van der Waals surface area (Å²) in [5, 5.41) is 0.0771. The van der Waals surface area contributed by atoms with E-state index in [9.17, 15) is 17.6 Å². The van der Waals surface area contributed by atoms with E-state index in [1.54, 1.807) is 6.92 Å². The lowest BCUT2D eigenvalue weighted by molar-refractivity contribution is 0.0973. The van der Waals surface area contributed by atoms with Crippen LogP contribution in [-0.2, 0) is 10.2 Å². The number of benzene rings is 1. The third kappa shape index (κ3) is 4.96. The van der Waals surface area contributed by atoms with Gasteiger partial charge in [-0.1, -0.05) is 30.9 Å². The molecule has 156 valence electrons. The van der Waals surface area contributed by atoms with Crippen LogP contribution in [0.15, 0.2) is 12.1 Å². The number of amides is 1. The first-order chi connectivity index (χ1) is 13.3. The number of rotatable bonds is 6. The van der Waals surface area contributed by atoms with E-state index in [4.69, 9.17) is 16.3 Å². The van der Waals surface area contributed by atoms with Crippen LogP contribution in [0.1, 0.15) is 62.2 Å². The second kappa shape index (κ2) is 8.97. The van der Waals surface area contributed by atoms with Gasteiger partial charge >= 0.3 is 10.2 Å². The van der Waals surface area contributed by atoms with Gasteiger partial charge in [-0.15, -0.1) is 0 Å². The first-order valence-corrected chi connectivity index (χ1v) is 11.6. The van der Waals surface area contributed by atoms with Crippen molar-refractivity contribution in [3.05, 3.63) is 28.5 Å². The van der Waals surface area contributed by atoms with Crippen LogP contribution in [0.2, 0.25) is 5.02 Å². The lowest BCUT2D eigenvalue weighted by Gasteiger charge is -2.31. The highest BCUT2D eigenvalue weighted by atomic mass is 35.5. The SMILES string of the molecule is C[C@H]1CCCCN1S(=O)(=O)NC(=O)c1cc(Cl)c(OCC2CCCC2)cc1F. The summed E-state index contributed by atoms with van der Waals surface area (Å²) in [6.07, 6.45) is 6.88. The summed E-state index contributed by atoms with van der Waals surface area (Å²) in [6, 6.07) is 1.95. The van der Waals surface area contributed by atoms with Crippen molar-refractivity contribution < 1.29 is 22.3 Å². The predicted molar refractivity (Wildman–Crippen MR) is 105 cm³/mol. The van der Waals surface area contributed by atoms with Crippen LogP contribution in [0.4, 0.5) is 4.39 Å². The standard InChI is InChI=1S/C19H26ClFN2O4S/c1-13-6-4-5-9-23(13)28(25,26)22-19(24)15-10-16(20)18(11-17(15)21)27-12-14-7-2-3-8-14/h10-11,13-14H,2-9,12H2,1H3,(H,22,24)/t13-/m0/s1. The molecule has 1 heterocycles. The number of nitrogens with one attached hydrogen (secondary N) is 1. The summed E-state index contributed by atoms with van der Waals surface area (Å²) in [5.74, 6) is -1.32. The number of carbonyl (C=O) groups excluding carboxylic acids is 1. The van der Waals surface area contributed by atoms with E-state index >= 15 is 0 Å². The molecule has 6 nitrogen and oxygen atoms in total. The van der Waals surface area contributed by atoms with E-state index < -0.39 is 27.5 Å². The van der Waals surface area contributed by atoms with Gasteiger partial charge < -0.3 is 4.74 Å². The normalized spacial score (nSPS) is 21.6. The summed E-state index contributed by atoms with van der Waals surface area (Å²) in [5.41, 5.74) is -0.425. The van der Waals surface area contributed by atoms with Crippen LogP contribution >= 0.6 is 11.6 Å². The van der Waals surface area contributed by atoms with Crippen LogP contribution in [0, 0.1) is 11.7 Å². The van der Waals surface area contributed by atoms with Crippen LogP contribution in [0.5, 0.6) is 5.75 Å². The third-order valence-corrected chi connectivity index (χ3v) is 7.39. The largest absolute Gasteiger partial charge is 0.492 e. The van der Waals surface area contributed by atoms with Crippen LogP contribution in [-0.4, -0.2) is 37.8 Å². The molecule has 1 aromatic carbocycles. The highest BCUT2D eigenvalue weighted by molar-refractivity contribution is 7.87. The average Bonchev–Trinajstić information content (AvgIpc) is 3.15. The predicted octanol–water partition coefficient (Wildman–Crippen LogP) is 3.90. The molecule has 1 N–H and O–H groups in total. The van der Waals surface area contributed by atoms with Gasteiger partial charge in [0.1, 0.15) is 11.6 Å². The van der Waals surface area contributed by atoms with Crippen molar-refractivity contribution in [2.45, 2.75) is 57.9 Å². The van der Waals surface area contributed by atoms with Gasteiger partial charge in [-0.3, -0.25) is 4.79 Å². The summed E-state index contributed by atoms with van der Waals surface area (Å²) in [6.45, 7) is 2.57. The second-order valence-electron chi connectivity index (χ2n) is 7.62. The first kappa shape index (κ1) is 21.3. The molecular formula is C19H26ClFN2O4S. The Balaban J connectivity index is 1.70. The Hall–Kier alpha value is -1.38. The molecule has 1 saturated heterocycles. The molecule has 1 aliphatic heterocycles. The second-order valence-corrected chi connectivity index (χ2v) is 9.65. The molecule has 1 amide bonds. The zero-order valence-electron chi connectivity index (χ0n) is 15.9. The Bertz CT molecular complexity index is 827. The lowest BCUT2D eigenvalue weighted by Crippen LogP contribution is -2.49. The number of ether oxygens (including phenoxy) is 1. The smallest absolute Gasteiger partial charge is 0.304 e. The molecular weight excluding hydrogens is 407 g/mol. The third-order valence-electron chi connectivity index (χ3n) is 5.49. The van der Waals surface area contributed by atoms with E-state index in [0.717, 1.165) is 44.2 Å². The van der Waals surface area contributed by atoms with Crippen molar-refractivity contribution >= 4 is 27.7 Å². The molecule has 1 atom stereocenters. The highest BCUT2D eigenvalue weighted by Gasteiger charge is 2.32. The van der Waals surface area contributed by atoms with Gasteiger partial charge in [-0.2, -0.15) is 12.7 Å². The fraction of sp³-hybridized carbons (Fsp3) is 0.632. The van der Waals surface area contributed by atoms with E-state index in [1.807, 2.05) is 4.72 Å². The summed E-state index contributed by atoms with van der Waals surface area (Å²) < 4.78 is 48.3. The zero-order valence-corrected chi connectivity index (χ0v) is 17.5. The van der Waals surface area contributed by atoms with Crippen molar-refractivity contribution in [3.8, 4) is 5.75 Å². The Morgan fingerprint density at radius 1 is 1.25 bits per heavy atom. The minimum absolute atomic E-state index is 0.0771. The topological polar surface area (TPSA) is 75.7 Å². The summed E-state index contributed by atoms with van der Waals surface area (Å²) >= 11 is 6.14. The summed E-state index contributed by atoms with van der Waals surface area (Å²) in [7, 11) is -4.05. The highest BCUT2D eigenvalue weighted by Crippen LogP contribution is 2.31. The molecule has 1 aliphatic carbocycles. The van der Waals surface area contributed by atoms with E-state index in [0.29, 0.717) is 19.1 Å². The molecule has 9 heteroatoms. The van der Waals surface area contributed by atoms with Gasteiger partial charge in [0.15, 0.2) is 0 Å². The molecule has 0 bridgehead atoms. The molecule has 0 spiro atoms. The van der Waals surface area contributed by atoms with Crippen LogP contribution in [0.3, 0.4) is 0 Å². The number of hydrogen-bond acceptors (Lipinski definition) is 4. The zero-order chi connectivity index (χ0) is 20.3. The van der Waals surface area contributed by atoms with E-state index in [2.05, 4.69) is 0 Å². The monoisotopic (exact) mass is 432 g/mol. The number of halogens is 2. The fourth-order valence-electron chi connectivity index (χ4n) is 3.86. The van der Waals surface area contributed by atoms with Crippen molar-refractivity contribution in [2.24, 2.45) is 5.92 Å². The first-order valence-electron chi connectivity index (χ1n) is 9.73. The molecule has 2 aliphatic rings. The molecule has 0 unspecified atom stereocenters. The molecule has 2 fully saturated rings. The minimum Gasteiger partial charge on any atom is -0.492 e. The number of carbonyl (C=O) groups is 1. The van der Waals surface area contributed by atoms with Gasteiger partial charge in [0.25, 0.3) is 5.91 Å². The Labute approximate surface area is 170 Å². The van der Waals surface area contributed by atoms with Crippen molar-refractivity contribution in [3.63, 3.8) is 0 Å². The van der Waals surface area contributed by atoms with Crippen molar-refractivity contribution in [1.82, 2.24) is 9.03 Å². The molecule has 3 rings (SSSR count). The summed E-state index contributed by atoms with van der Waals surface area (Å²) in [4.78, 5) is 12.4. The maximum Gasteiger partial charge on any atom is 0.304 e. The Kier molecular flexibility index (Phi) is 6.83.